The molecule has 1 aromatic rings. The molecule has 0 aromatic heterocycles. The van der Waals surface area contributed by atoms with E-state index in [-0.39, 0.29) is 5.91 Å². The van der Waals surface area contributed by atoms with E-state index < -0.39 is 0 Å². The zero-order chi connectivity index (χ0) is 20.5. The third-order valence-corrected chi connectivity index (χ3v) is 3.85. The van der Waals surface area contributed by atoms with E-state index in [0.717, 1.165) is 37.5 Å². The molecule has 0 aliphatic heterocycles. The molecule has 7 nitrogen and oxygen atoms in total. The van der Waals surface area contributed by atoms with Crippen molar-refractivity contribution in [1.29, 1.82) is 0 Å². The van der Waals surface area contributed by atoms with Gasteiger partial charge in [0.1, 0.15) is 0 Å². The van der Waals surface area contributed by atoms with E-state index >= 15 is 0 Å². The first-order valence-electron chi connectivity index (χ1n) is 10.2. The van der Waals surface area contributed by atoms with Gasteiger partial charge in [-0.25, -0.2) is 0 Å². The van der Waals surface area contributed by atoms with Gasteiger partial charge in [0.25, 0.3) is 5.91 Å². The summed E-state index contributed by atoms with van der Waals surface area (Å²) in [4.78, 5) is 16.6. The fourth-order valence-electron chi connectivity index (χ4n) is 2.38. The molecule has 0 radical (unpaired) electrons. The number of benzene rings is 1. The van der Waals surface area contributed by atoms with Crippen LogP contribution < -0.4 is 16.0 Å². The van der Waals surface area contributed by atoms with Crippen molar-refractivity contribution in [2.24, 2.45) is 4.99 Å². The Kier molecular flexibility index (Phi) is 13.6. The van der Waals surface area contributed by atoms with E-state index in [4.69, 9.17) is 9.47 Å². The molecular formula is C21H36N4O3. The summed E-state index contributed by atoms with van der Waals surface area (Å²) in [7, 11) is 0. The summed E-state index contributed by atoms with van der Waals surface area (Å²) in [5.74, 6) is 0.650. The minimum atomic E-state index is -0.0676. The van der Waals surface area contributed by atoms with Crippen molar-refractivity contribution in [3.05, 3.63) is 35.4 Å². The third-order valence-electron chi connectivity index (χ3n) is 3.85. The van der Waals surface area contributed by atoms with Gasteiger partial charge >= 0.3 is 0 Å². The van der Waals surface area contributed by atoms with Crippen LogP contribution in [0.5, 0.6) is 0 Å². The van der Waals surface area contributed by atoms with Crippen LogP contribution in [0.3, 0.4) is 0 Å². The van der Waals surface area contributed by atoms with Crippen molar-refractivity contribution in [3.63, 3.8) is 0 Å². The molecule has 0 saturated heterocycles. The molecule has 0 aliphatic rings. The van der Waals surface area contributed by atoms with E-state index in [0.29, 0.717) is 45.0 Å². The number of amides is 1. The number of aryl methyl sites for hydroxylation is 1. The highest BCUT2D eigenvalue weighted by Gasteiger charge is 2.04. The van der Waals surface area contributed by atoms with Crippen molar-refractivity contribution in [2.45, 2.75) is 33.6 Å². The first kappa shape index (κ1) is 23.9. The van der Waals surface area contributed by atoms with Gasteiger partial charge < -0.3 is 25.4 Å². The van der Waals surface area contributed by atoms with Gasteiger partial charge in [-0.15, -0.1) is 0 Å². The molecule has 28 heavy (non-hydrogen) atoms. The molecule has 7 heteroatoms. The maximum absolute atomic E-state index is 12.1. The van der Waals surface area contributed by atoms with Crippen molar-refractivity contribution in [1.82, 2.24) is 16.0 Å². The smallest absolute Gasteiger partial charge is 0.251 e. The summed E-state index contributed by atoms with van der Waals surface area (Å²) in [6, 6.07) is 7.55. The molecule has 1 rings (SSSR count). The van der Waals surface area contributed by atoms with E-state index in [2.05, 4.69) is 27.9 Å². The zero-order valence-corrected chi connectivity index (χ0v) is 17.6. The number of aliphatic imine (C=N–C) groups is 1. The van der Waals surface area contributed by atoms with E-state index in [1.54, 1.807) is 0 Å². The minimum Gasteiger partial charge on any atom is -0.379 e. The molecule has 0 heterocycles. The average Bonchev–Trinajstić information content (AvgIpc) is 2.69. The summed E-state index contributed by atoms with van der Waals surface area (Å²) >= 11 is 0. The fraction of sp³-hybridized carbons (Fsp3) is 0.619. The maximum Gasteiger partial charge on any atom is 0.251 e. The second-order valence-electron chi connectivity index (χ2n) is 6.39. The maximum atomic E-state index is 12.1. The normalized spacial score (nSPS) is 11.3. The van der Waals surface area contributed by atoms with E-state index in [9.17, 15) is 4.79 Å². The standard InChI is InChI=1S/C21H36N4O3/c1-4-6-13-27-15-16-28-14-12-25-21(22-5-2)24-11-10-23-20(26)19-9-7-8-18(3)17-19/h7-9,17H,4-6,10-16H2,1-3H3,(H,23,26)(H2,22,24,25). The lowest BCUT2D eigenvalue weighted by atomic mass is 10.1. The Hall–Kier alpha value is -2.12. The lowest BCUT2D eigenvalue weighted by molar-refractivity contribution is 0.0497. The van der Waals surface area contributed by atoms with Crippen LogP contribution in [0.4, 0.5) is 0 Å². The predicted octanol–water partition coefficient (Wildman–Crippen LogP) is 2.11. The minimum absolute atomic E-state index is 0.0676. The number of rotatable bonds is 14. The van der Waals surface area contributed by atoms with Gasteiger partial charge in [-0.2, -0.15) is 0 Å². The van der Waals surface area contributed by atoms with Crippen LogP contribution in [0.2, 0.25) is 0 Å². The largest absolute Gasteiger partial charge is 0.379 e. The summed E-state index contributed by atoms with van der Waals surface area (Å²) < 4.78 is 11.0. The number of hydrogen-bond donors (Lipinski definition) is 3. The molecule has 0 fully saturated rings. The number of carbonyl (C=O) groups is 1. The highest BCUT2D eigenvalue weighted by Crippen LogP contribution is 2.03. The summed E-state index contributed by atoms with van der Waals surface area (Å²) in [6.45, 7) is 11.2. The Labute approximate surface area is 169 Å². The number of ether oxygens (including phenoxy) is 2. The summed E-state index contributed by atoms with van der Waals surface area (Å²) in [5, 5.41) is 9.29. The van der Waals surface area contributed by atoms with Crippen LogP contribution in [0.15, 0.2) is 29.3 Å². The number of hydrogen-bond acceptors (Lipinski definition) is 4. The molecule has 0 spiro atoms. The fourth-order valence-corrected chi connectivity index (χ4v) is 2.38. The van der Waals surface area contributed by atoms with Gasteiger partial charge in [-0.3, -0.25) is 9.79 Å². The molecule has 158 valence electrons. The van der Waals surface area contributed by atoms with Crippen LogP contribution in [-0.4, -0.2) is 64.5 Å². The first-order valence-corrected chi connectivity index (χ1v) is 10.2. The Balaban J connectivity index is 2.17. The number of unbranched alkanes of at least 4 members (excludes halogenated alkanes) is 1. The quantitative estimate of drug-likeness (QED) is 0.257. The summed E-state index contributed by atoms with van der Waals surface area (Å²) in [5.41, 5.74) is 1.75. The lowest BCUT2D eigenvalue weighted by Crippen LogP contribution is -2.41. The van der Waals surface area contributed by atoms with Crippen LogP contribution in [-0.2, 0) is 9.47 Å². The van der Waals surface area contributed by atoms with E-state index in [1.807, 2.05) is 38.1 Å². The Bertz CT molecular complexity index is 579. The van der Waals surface area contributed by atoms with E-state index in [1.165, 1.54) is 0 Å². The number of nitrogens with zero attached hydrogens (tertiary/aromatic N) is 1. The lowest BCUT2D eigenvalue weighted by Gasteiger charge is -2.12. The van der Waals surface area contributed by atoms with Gasteiger partial charge in [0.2, 0.25) is 0 Å². The Morgan fingerprint density at radius 3 is 2.46 bits per heavy atom. The monoisotopic (exact) mass is 392 g/mol. The number of guanidine groups is 1. The molecule has 1 aromatic carbocycles. The van der Waals surface area contributed by atoms with Gasteiger partial charge in [-0.05, 0) is 32.4 Å². The van der Waals surface area contributed by atoms with Crippen molar-refractivity contribution >= 4 is 11.9 Å². The second-order valence-corrected chi connectivity index (χ2v) is 6.39. The molecule has 0 aliphatic carbocycles. The van der Waals surface area contributed by atoms with Crippen molar-refractivity contribution in [3.8, 4) is 0 Å². The zero-order valence-electron chi connectivity index (χ0n) is 17.6. The molecule has 0 unspecified atom stereocenters. The second kappa shape index (κ2) is 15.9. The van der Waals surface area contributed by atoms with Gasteiger partial charge in [-0.1, -0.05) is 31.0 Å². The first-order chi connectivity index (χ1) is 13.7. The Morgan fingerprint density at radius 1 is 1.00 bits per heavy atom. The molecule has 0 atom stereocenters. The number of nitrogens with one attached hydrogen (secondary N) is 3. The van der Waals surface area contributed by atoms with Crippen molar-refractivity contribution < 1.29 is 14.3 Å². The number of carbonyl (C=O) groups excluding carboxylic acids is 1. The molecular weight excluding hydrogens is 356 g/mol. The predicted molar refractivity (Wildman–Crippen MR) is 114 cm³/mol. The van der Waals surface area contributed by atoms with Gasteiger partial charge in [0.15, 0.2) is 5.96 Å². The van der Waals surface area contributed by atoms with Crippen LogP contribution in [0.25, 0.3) is 0 Å². The SMILES string of the molecule is CCCCOCCOCCN=C(NCC)NCCNC(=O)c1cccc(C)c1. The molecule has 1 amide bonds. The Morgan fingerprint density at radius 2 is 1.75 bits per heavy atom. The third kappa shape index (κ3) is 11.6. The molecule has 0 bridgehead atoms. The molecule has 3 N–H and O–H groups in total. The average molecular weight is 393 g/mol. The highest BCUT2D eigenvalue weighted by atomic mass is 16.5. The topological polar surface area (TPSA) is 84.0 Å². The van der Waals surface area contributed by atoms with Crippen molar-refractivity contribution in [2.75, 3.05) is 52.6 Å². The van der Waals surface area contributed by atoms with Gasteiger partial charge in [0, 0.05) is 31.8 Å². The van der Waals surface area contributed by atoms with Crippen LogP contribution in [0, 0.1) is 6.92 Å². The molecule has 0 saturated carbocycles. The highest BCUT2D eigenvalue weighted by molar-refractivity contribution is 5.94. The van der Waals surface area contributed by atoms with Gasteiger partial charge in [0.05, 0.1) is 26.4 Å². The van der Waals surface area contributed by atoms with Crippen LogP contribution >= 0.6 is 0 Å². The summed E-state index contributed by atoms with van der Waals surface area (Å²) in [6.07, 6.45) is 2.23. The van der Waals surface area contributed by atoms with Crippen LogP contribution in [0.1, 0.15) is 42.6 Å².